The second-order valence-electron chi connectivity index (χ2n) is 5.90. The number of benzene rings is 2. The summed E-state index contributed by atoms with van der Waals surface area (Å²) >= 11 is 0. The minimum atomic E-state index is -3.26. The van der Waals surface area contributed by atoms with E-state index < -0.39 is 12.2 Å². The summed E-state index contributed by atoms with van der Waals surface area (Å²) in [6.45, 7) is 0.661. The van der Waals surface area contributed by atoms with Crippen LogP contribution in [0, 0.1) is 0 Å². The van der Waals surface area contributed by atoms with Crippen LogP contribution in [-0.4, -0.2) is 23.6 Å². The first-order chi connectivity index (χ1) is 12.4. The van der Waals surface area contributed by atoms with Gasteiger partial charge in [-0.25, -0.2) is 0 Å². The number of rotatable bonds is 6. The SMILES string of the molecule is CC(F)(F)Oc1ccc(C(=O)C2C=CC(/C=C/c3ccccc3)=N2)cc1. The van der Waals surface area contributed by atoms with E-state index in [2.05, 4.69) is 9.73 Å². The van der Waals surface area contributed by atoms with Crippen LogP contribution in [0.15, 0.2) is 77.8 Å². The van der Waals surface area contributed by atoms with Gasteiger partial charge >= 0.3 is 6.11 Å². The van der Waals surface area contributed by atoms with Crippen molar-refractivity contribution in [3.05, 3.63) is 84.0 Å². The Morgan fingerprint density at radius 3 is 2.42 bits per heavy atom. The zero-order chi connectivity index (χ0) is 18.6. The minimum Gasteiger partial charge on any atom is -0.433 e. The van der Waals surface area contributed by atoms with Crippen LogP contribution >= 0.6 is 0 Å². The van der Waals surface area contributed by atoms with E-state index in [4.69, 9.17) is 0 Å². The molecule has 2 aromatic rings. The maximum atomic E-state index is 12.8. The van der Waals surface area contributed by atoms with E-state index in [0.717, 1.165) is 5.56 Å². The number of carbonyl (C=O) groups excluding carboxylic acids is 1. The molecule has 3 nitrogen and oxygen atoms in total. The topological polar surface area (TPSA) is 38.7 Å². The molecule has 1 unspecified atom stereocenters. The molecule has 1 aliphatic heterocycles. The molecule has 2 aromatic carbocycles. The molecule has 1 heterocycles. The highest BCUT2D eigenvalue weighted by atomic mass is 19.3. The molecule has 0 saturated heterocycles. The van der Waals surface area contributed by atoms with Crippen LogP contribution in [0.5, 0.6) is 5.75 Å². The largest absolute Gasteiger partial charge is 0.433 e. The Kier molecular flexibility index (Phi) is 5.07. The summed E-state index contributed by atoms with van der Waals surface area (Å²) in [4.78, 5) is 16.9. The van der Waals surface area contributed by atoms with E-state index in [1.165, 1.54) is 24.3 Å². The number of carbonyl (C=O) groups is 1. The highest BCUT2D eigenvalue weighted by Gasteiger charge is 2.24. The smallest absolute Gasteiger partial charge is 0.394 e. The third-order valence-electron chi connectivity index (χ3n) is 3.69. The van der Waals surface area contributed by atoms with Crippen LogP contribution in [-0.2, 0) is 0 Å². The van der Waals surface area contributed by atoms with Crippen molar-refractivity contribution in [1.82, 2.24) is 0 Å². The van der Waals surface area contributed by atoms with Gasteiger partial charge in [0.1, 0.15) is 11.8 Å². The van der Waals surface area contributed by atoms with Gasteiger partial charge in [-0.3, -0.25) is 9.79 Å². The highest BCUT2D eigenvalue weighted by Crippen LogP contribution is 2.22. The van der Waals surface area contributed by atoms with Gasteiger partial charge in [-0.05, 0) is 42.0 Å². The quantitative estimate of drug-likeness (QED) is 0.689. The summed E-state index contributed by atoms with van der Waals surface area (Å²) in [5, 5.41) is 0. The van der Waals surface area contributed by atoms with Crippen LogP contribution in [0.25, 0.3) is 6.08 Å². The van der Waals surface area contributed by atoms with Crippen molar-refractivity contribution in [3.63, 3.8) is 0 Å². The summed E-state index contributed by atoms with van der Waals surface area (Å²) in [5.74, 6) is -0.190. The number of hydrogen-bond donors (Lipinski definition) is 0. The van der Waals surface area contributed by atoms with Gasteiger partial charge in [0.05, 0.1) is 5.71 Å². The maximum Gasteiger partial charge on any atom is 0.394 e. The van der Waals surface area contributed by atoms with Gasteiger partial charge in [0.2, 0.25) is 0 Å². The number of hydrogen-bond acceptors (Lipinski definition) is 3. The van der Waals surface area contributed by atoms with Crippen LogP contribution < -0.4 is 4.74 Å². The number of alkyl halides is 2. The number of allylic oxidation sites excluding steroid dienone is 2. The predicted molar refractivity (Wildman–Crippen MR) is 97.9 cm³/mol. The average Bonchev–Trinajstić information content (AvgIpc) is 3.08. The van der Waals surface area contributed by atoms with Gasteiger partial charge in [0, 0.05) is 12.5 Å². The number of ether oxygens (including phenoxy) is 1. The first-order valence-electron chi connectivity index (χ1n) is 8.11. The Bertz CT molecular complexity index is 863. The van der Waals surface area contributed by atoms with Gasteiger partial charge in [-0.15, -0.1) is 0 Å². The van der Waals surface area contributed by atoms with Gasteiger partial charge < -0.3 is 4.74 Å². The van der Waals surface area contributed by atoms with Crippen molar-refractivity contribution < 1.29 is 18.3 Å². The minimum absolute atomic E-state index is 0.00555. The lowest BCUT2D eigenvalue weighted by Gasteiger charge is -2.13. The number of halogens is 2. The molecule has 0 radical (unpaired) electrons. The van der Waals surface area contributed by atoms with Crippen LogP contribution in [0.2, 0.25) is 0 Å². The Hall–Kier alpha value is -3.08. The molecule has 3 rings (SSSR count). The Morgan fingerprint density at radius 2 is 1.77 bits per heavy atom. The first-order valence-corrected chi connectivity index (χ1v) is 8.11. The molecule has 5 heteroatoms. The number of nitrogens with zero attached hydrogens (tertiary/aromatic N) is 1. The third kappa shape index (κ3) is 4.72. The van der Waals surface area contributed by atoms with Gasteiger partial charge in [-0.1, -0.05) is 42.5 Å². The Labute approximate surface area is 150 Å². The fourth-order valence-corrected chi connectivity index (χ4v) is 2.49. The lowest BCUT2D eigenvalue weighted by molar-refractivity contribution is -0.158. The maximum absolute atomic E-state index is 12.8. The lowest BCUT2D eigenvalue weighted by atomic mass is 10.1. The second-order valence-corrected chi connectivity index (χ2v) is 5.90. The van der Waals surface area contributed by atoms with Gasteiger partial charge in [-0.2, -0.15) is 8.78 Å². The highest BCUT2D eigenvalue weighted by molar-refractivity contribution is 6.12. The van der Waals surface area contributed by atoms with Crippen molar-refractivity contribution >= 4 is 17.6 Å². The van der Waals surface area contributed by atoms with E-state index in [-0.39, 0.29) is 11.5 Å². The fourth-order valence-electron chi connectivity index (χ4n) is 2.49. The molecule has 0 N–H and O–H groups in total. The van der Waals surface area contributed by atoms with E-state index in [0.29, 0.717) is 18.2 Å². The zero-order valence-corrected chi connectivity index (χ0v) is 14.1. The van der Waals surface area contributed by atoms with Crippen molar-refractivity contribution in [2.75, 3.05) is 0 Å². The monoisotopic (exact) mass is 353 g/mol. The van der Waals surface area contributed by atoms with Gasteiger partial charge in [0.15, 0.2) is 5.78 Å². The van der Waals surface area contributed by atoms with Crippen molar-refractivity contribution in [3.8, 4) is 5.75 Å². The zero-order valence-electron chi connectivity index (χ0n) is 14.1. The molecule has 0 spiro atoms. The van der Waals surface area contributed by atoms with E-state index >= 15 is 0 Å². The molecule has 0 aromatic heterocycles. The summed E-state index contributed by atoms with van der Waals surface area (Å²) < 4.78 is 30.1. The van der Waals surface area contributed by atoms with Crippen molar-refractivity contribution in [2.24, 2.45) is 4.99 Å². The average molecular weight is 353 g/mol. The number of Topliss-reactive ketones (excluding diaryl/α,β-unsaturated/α-hetero) is 1. The molecule has 0 amide bonds. The summed E-state index contributed by atoms with van der Waals surface area (Å²) in [5.41, 5.74) is 2.14. The summed E-state index contributed by atoms with van der Waals surface area (Å²) in [6.07, 6.45) is 4.02. The molecular weight excluding hydrogens is 336 g/mol. The molecule has 0 fully saturated rings. The third-order valence-corrected chi connectivity index (χ3v) is 3.69. The molecular formula is C21H17F2NO2. The van der Waals surface area contributed by atoms with E-state index in [1.54, 1.807) is 12.2 Å². The summed E-state index contributed by atoms with van der Waals surface area (Å²) in [6, 6.07) is 14.8. The number of aliphatic imine (C=N–C) groups is 1. The normalized spacial score (nSPS) is 16.7. The molecule has 1 atom stereocenters. The van der Waals surface area contributed by atoms with Crippen LogP contribution in [0.4, 0.5) is 8.78 Å². The molecule has 1 aliphatic rings. The fraction of sp³-hybridized carbons (Fsp3) is 0.143. The van der Waals surface area contributed by atoms with Gasteiger partial charge in [0.25, 0.3) is 0 Å². The molecule has 0 bridgehead atoms. The lowest BCUT2D eigenvalue weighted by Crippen LogP contribution is -2.19. The Morgan fingerprint density at radius 1 is 1.08 bits per heavy atom. The standard InChI is InChI=1S/C21H17F2NO2/c1-21(22,23)26-18-12-8-16(9-13-18)20(25)19-14-11-17(24-19)10-7-15-5-3-2-4-6-15/h2-14,19H,1H3/b10-7+. The summed E-state index contributed by atoms with van der Waals surface area (Å²) in [7, 11) is 0. The van der Waals surface area contributed by atoms with Crippen LogP contribution in [0.1, 0.15) is 22.8 Å². The first kappa shape index (κ1) is 17.7. The molecule has 0 aliphatic carbocycles. The predicted octanol–water partition coefficient (Wildman–Crippen LogP) is 4.95. The van der Waals surface area contributed by atoms with Crippen LogP contribution in [0.3, 0.4) is 0 Å². The van der Waals surface area contributed by atoms with E-state index in [9.17, 15) is 13.6 Å². The molecule has 0 saturated carbocycles. The van der Waals surface area contributed by atoms with Crippen molar-refractivity contribution in [2.45, 2.75) is 19.1 Å². The molecule has 132 valence electrons. The second kappa shape index (κ2) is 7.44. The van der Waals surface area contributed by atoms with E-state index in [1.807, 2.05) is 42.5 Å². The Balaban J connectivity index is 1.66. The van der Waals surface area contributed by atoms with Crippen molar-refractivity contribution in [1.29, 1.82) is 0 Å². The molecule has 26 heavy (non-hydrogen) atoms. The number of ketones is 1.